The Labute approximate surface area is 128 Å². The fourth-order valence-corrected chi connectivity index (χ4v) is 2.62. The number of hydrogen-bond donors (Lipinski definition) is 2. The summed E-state index contributed by atoms with van der Waals surface area (Å²) in [4.78, 5) is 20.4. The van der Waals surface area contributed by atoms with Crippen molar-refractivity contribution in [1.82, 2.24) is 20.6 Å². The Bertz CT molecular complexity index is 601. The number of aryl methyl sites for hydroxylation is 3. The molecule has 0 saturated heterocycles. The van der Waals surface area contributed by atoms with Gasteiger partial charge in [0.2, 0.25) is 5.89 Å². The van der Waals surface area contributed by atoms with Gasteiger partial charge in [-0.2, -0.15) is 0 Å². The topological polar surface area (TPSA) is 80.0 Å². The quantitative estimate of drug-likeness (QED) is 0.890. The maximum Gasteiger partial charge on any atom is 0.315 e. The first kappa shape index (κ1) is 15.5. The lowest BCUT2D eigenvalue weighted by Crippen LogP contribution is -2.37. The van der Waals surface area contributed by atoms with Gasteiger partial charge in [0.1, 0.15) is 5.76 Å². The average molecular weight is 308 g/mol. The smallest absolute Gasteiger partial charge is 0.315 e. The van der Waals surface area contributed by atoms with Gasteiger partial charge < -0.3 is 15.1 Å². The normalized spacial score (nSPS) is 12.2. The summed E-state index contributed by atoms with van der Waals surface area (Å²) < 4.78 is 5.40. The number of nitrogens with one attached hydrogen (secondary N) is 2. The monoisotopic (exact) mass is 308 g/mol. The Hall–Kier alpha value is -1.89. The average Bonchev–Trinajstić information content (AvgIpc) is 3.00. The van der Waals surface area contributed by atoms with Gasteiger partial charge in [-0.15, -0.1) is 11.3 Å². The second-order valence-corrected chi connectivity index (χ2v) is 5.93. The van der Waals surface area contributed by atoms with Crippen LogP contribution in [0, 0.1) is 20.8 Å². The SMILES string of the molecule is Cc1csc([C@H](C)CNC(=O)NCc2nc(C)c(C)o2)n1. The summed E-state index contributed by atoms with van der Waals surface area (Å²) >= 11 is 1.62. The molecule has 0 radical (unpaired) electrons. The van der Waals surface area contributed by atoms with Crippen LogP contribution in [0.3, 0.4) is 0 Å². The summed E-state index contributed by atoms with van der Waals surface area (Å²) in [6.45, 7) is 8.56. The molecule has 0 aliphatic rings. The first-order valence-corrected chi connectivity index (χ1v) is 7.70. The zero-order valence-electron chi connectivity index (χ0n) is 12.7. The molecule has 1 atom stereocenters. The Balaban J connectivity index is 1.74. The molecule has 2 aromatic rings. The molecule has 7 heteroatoms. The van der Waals surface area contributed by atoms with Gasteiger partial charge in [-0.1, -0.05) is 6.92 Å². The van der Waals surface area contributed by atoms with E-state index in [0.717, 1.165) is 22.2 Å². The number of carbonyl (C=O) groups excluding carboxylic acids is 1. The van der Waals surface area contributed by atoms with Crippen LogP contribution in [0.1, 0.15) is 40.9 Å². The van der Waals surface area contributed by atoms with Gasteiger partial charge in [0.05, 0.1) is 17.2 Å². The number of oxazole rings is 1. The molecule has 114 valence electrons. The lowest BCUT2D eigenvalue weighted by atomic mass is 10.2. The van der Waals surface area contributed by atoms with Gasteiger partial charge >= 0.3 is 6.03 Å². The van der Waals surface area contributed by atoms with Crippen molar-refractivity contribution in [3.63, 3.8) is 0 Å². The van der Waals surface area contributed by atoms with Crippen molar-refractivity contribution in [2.24, 2.45) is 0 Å². The van der Waals surface area contributed by atoms with Crippen LogP contribution in [0.5, 0.6) is 0 Å². The molecule has 0 unspecified atom stereocenters. The van der Waals surface area contributed by atoms with Gasteiger partial charge in [0.15, 0.2) is 0 Å². The predicted molar refractivity (Wildman–Crippen MR) is 81.5 cm³/mol. The first-order valence-electron chi connectivity index (χ1n) is 6.82. The van der Waals surface area contributed by atoms with Crippen LogP contribution in [0.4, 0.5) is 4.79 Å². The molecule has 2 amide bonds. The van der Waals surface area contributed by atoms with E-state index in [4.69, 9.17) is 4.42 Å². The van der Waals surface area contributed by atoms with Crippen LogP contribution in [0.15, 0.2) is 9.80 Å². The highest BCUT2D eigenvalue weighted by Gasteiger charge is 2.12. The van der Waals surface area contributed by atoms with E-state index in [-0.39, 0.29) is 18.5 Å². The van der Waals surface area contributed by atoms with Gasteiger partial charge in [0, 0.05) is 23.5 Å². The predicted octanol–water partition coefficient (Wildman–Crippen LogP) is 2.66. The third-order valence-electron chi connectivity index (χ3n) is 3.10. The molecule has 6 nitrogen and oxygen atoms in total. The minimum atomic E-state index is -0.233. The molecule has 0 spiro atoms. The first-order chi connectivity index (χ1) is 9.95. The van der Waals surface area contributed by atoms with Gasteiger partial charge in [-0.05, 0) is 20.8 Å². The Morgan fingerprint density at radius 3 is 2.67 bits per heavy atom. The fourth-order valence-electron chi connectivity index (χ4n) is 1.76. The molecule has 2 rings (SSSR count). The number of thiazole rings is 1. The molecule has 0 aliphatic heterocycles. The van der Waals surface area contributed by atoms with E-state index in [1.54, 1.807) is 11.3 Å². The van der Waals surface area contributed by atoms with Crippen molar-refractivity contribution in [2.45, 2.75) is 40.2 Å². The van der Waals surface area contributed by atoms with Crippen molar-refractivity contribution < 1.29 is 9.21 Å². The van der Waals surface area contributed by atoms with E-state index < -0.39 is 0 Å². The van der Waals surface area contributed by atoms with Crippen molar-refractivity contribution in [3.8, 4) is 0 Å². The van der Waals surface area contributed by atoms with Crippen LogP contribution in [0.25, 0.3) is 0 Å². The minimum Gasteiger partial charge on any atom is -0.444 e. The van der Waals surface area contributed by atoms with Crippen LogP contribution in [-0.2, 0) is 6.54 Å². The summed E-state index contributed by atoms with van der Waals surface area (Å²) in [6, 6.07) is -0.233. The number of urea groups is 1. The Morgan fingerprint density at radius 2 is 2.10 bits per heavy atom. The summed E-state index contributed by atoms with van der Waals surface area (Å²) in [6.07, 6.45) is 0. The molecule has 0 aliphatic carbocycles. The molecule has 21 heavy (non-hydrogen) atoms. The van der Waals surface area contributed by atoms with Crippen molar-refractivity contribution in [1.29, 1.82) is 0 Å². The number of carbonyl (C=O) groups is 1. The van der Waals surface area contributed by atoms with E-state index in [1.165, 1.54) is 0 Å². The summed E-state index contributed by atoms with van der Waals surface area (Å²) in [5.74, 6) is 1.49. The van der Waals surface area contributed by atoms with Gasteiger partial charge in [-0.25, -0.2) is 14.8 Å². The van der Waals surface area contributed by atoms with Crippen LogP contribution >= 0.6 is 11.3 Å². The zero-order valence-corrected chi connectivity index (χ0v) is 13.5. The summed E-state index contributed by atoms with van der Waals surface area (Å²) in [5.41, 5.74) is 1.86. The number of hydrogen-bond acceptors (Lipinski definition) is 5. The highest BCUT2D eigenvalue weighted by Crippen LogP contribution is 2.18. The van der Waals surface area contributed by atoms with Crippen LogP contribution < -0.4 is 10.6 Å². The van der Waals surface area contributed by atoms with E-state index in [9.17, 15) is 4.79 Å². The second-order valence-electron chi connectivity index (χ2n) is 5.04. The maximum absolute atomic E-state index is 11.7. The third kappa shape index (κ3) is 4.29. The van der Waals surface area contributed by atoms with E-state index in [0.29, 0.717) is 12.4 Å². The number of aromatic nitrogens is 2. The largest absolute Gasteiger partial charge is 0.444 e. The van der Waals surface area contributed by atoms with E-state index in [1.807, 2.05) is 33.1 Å². The van der Waals surface area contributed by atoms with Crippen LogP contribution in [0.2, 0.25) is 0 Å². The lowest BCUT2D eigenvalue weighted by Gasteiger charge is -2.10. The Morgan fingerprint density at radius 1 is 1.33 bits per heavy atom. The number of nitrogens with zero attached hydrogens (tertiary/aromatic N) is 2. The van der Waals surface area contributed by atoms with Crippen LogP contribution in [-0.4, -0.2) is 22.5 Å². The third-order valence-corrected chi connectivity index (χ3v) is 4.29. The van der Waals surface area contributed by atoms with Gasteiger partial charge in [-0.3, -0.25) is 0 Å². The molecular weight excluding hydrogens is 288 g/mol. The molecule has 0 bridgehead atoms. The van der Waals surface area contributed by atoms with Crippen molar-refractivity contribution in [3.05, 3.63) is 33.4 Å². The highest BCUT2D eigenvalue weighted by atomic mass is 32.1. The molecule has 2 aromatic heterocycles. The van der Waals surface area contributed by atoms with Crippen molar-refractivity contribution >= 4 is 17.4 Å². The summed E-state index contributed by atoms with van der Waals surface area (Å²) in [5, 5.41) is 8.60. The molecule has 2 N–H and O–H groups in total. The number of amides is 2. The van der Waals surface area contributed by atoms with Crippen molar-refractivity contribution in [2.75, 3.05) is 6.54 Å². The fraction of sp³-hybridized carbons (Fsp3) is 0.500. The molecule has 0 saturated carbocycles. The molecule has 2 heterocycles. The molecule has 0 aromatic carbocycles. The van der Waals surface area contributed by atoms with E-state index in [2.05, 4.69) is 20.6 Å². The summed E-state index contributed by atoms with van der Waals surface area (Å²) in [7, 11) is 0. The molecule has 0 fully saturated rings. The zero-order chi connectivity index (χ0) is 15.4. The standard InChI is InChI=1S/C14H20N4O2S/c1-8(13-17-9(2)7-21-13)5-15-14(19)16-6-12-18-10(3)11(4)20-12/h7-8H,5-6H2,1-4H3,(H2,15,16,19)/t8-/m1/s1. The second kappa shape index (κ2) is 6.71. The number of rotatable bonds is 5. The minimum absolute atomic E-state index is 0.195. The maximum atomic E-state index is 11.7. The van der Waals surface area contributed by atoms with E-state index >= 15 is 0 Å². The lowest BCUT2D eigenvalue weighted by molar-refractivity contribution is 0.238. The van der Waals surface area contributed by atoms with Gasteiger partial charge in [0.25, 0.3) is 0 Å². The highest BCUT2D eigenvalue weighted by molar-refractivity contribution is 7.09. The molecular formula is C14H20N4O2S. The Kier molecular flexibility index (Phi) is 4.95.